The zero-order valence-corrected chi connectivity index (χ0v) is 17.8. The van der Waals surface area contributed by atoms with Gasteiger partial charge >= 0.3 is 0 Å². The highest BCUT2D eigenvalue weighted by Crippen LogP contribution is 2.25. The maximum atomic E-state index is 12.1. The molecule has 0 saturated carbocycles. The van der Waals surface area contributed by atoms with Gasteiger partial charge in [-0.2, -0.15) is 0 Å². The average molecular weight is 441 g/mol. The van der Waals surface area contributed by atoms with Crippen LogP contribution in [0.2, 0.25) is 0 Å². The number of nitrogens with one attached hydrogen (secondary N) is 1. The molecule has 1 saturated heterocycles. The number of primary sulfonamides is 1. The van der Waals surface area contributed by atoms with Gasteiger partial charge in [-0.15, -0.1) is 0 Å². The third-order valence-corrected chi connectivity index (χ3v) is 6.59. The molecule has 0 bridgehead atoms. The molecule has 158 valence electrons. The Morgan fingerprint density at radius 1 is 1.24 bits per heavy atom. The van der Waals surface area contributed by atoms with Crippen LogP contribution >= 0.6 is 0 Å². The number of pyridine rings is 1. The summed E-state index contributed by atoms with van der Waals surface area (Å²) in [5, 5.41) is 8.14. The van der Waals surface area contributed by atoms with E-state index in [1.807, 2.05) is 19.1 Å². The van der Waals surface area contributed by atoms with Crippen LogP contribution < -0.4 is 15.4 Å². The first-order chi connectivity index (χ1) is 13.5. The van der Waals surface area contributed by atoms with E-state index in [0.717, 1.165) is 36.8 Å². The Hall–Kier alpha value is -2.21. The number of morpholine rings is 1. The van der Waals surface area contributed by atoms with Gasteiger partial charge in [0.25, 0.3) is 0 Å². The Kier molecular flexibility index (Phi) is 6.13. The first kappa shape index (κ1) is 21.5. The van der Waals surface area contributed by atoms with Gasteiger partial charge < -0.3 is 15.0 Å². The van der Waals surface area contributed by atoms with Crippen molar-refractivity contribution < 1.29 is 21.6 Å². The van der Waals surface area contributed by atoms with Crippen molar-refractivity contribution in [3.8, 4) is 0 Å². The fraction of sp³-hybridized carbons (Fsp3) is 0.389. The van der Waals surface area contributed by atoms with Crippen LogP contribution in [0.5, 0.6) is 0 Å². The van der Waals surface area contributed by atoms with Crippen molar-refractivity contribution >= 4 is 31.4 Å². The number of hydrogen-bond acceptors (Lipinski definition) is 8. The molecule has 1 fully saturated rings. The average Bonchev–Trinajstić information content (AvgIpc) is 2.65. The van der Waals surface area contributed by atoms with E-state index in [1.165, 1.54) is 12.1 Å². The summed E-state index contributed by atoms with van der Waals surface area (Å²) in [4.78, 5) is 6.25. The van der Waals surface area contributed by atoms with Gasteiger partial charge in [-0.3, -0.25) is 0 Å². The lowest BCUT2D eigenvalue weighted by Gasteiger charge is -2.32. The molecule has 1 aromatic carbocycles. The number of hydrogen-bond donors (Lipinski definition) is 2. The smallest absolute Gasteiger partial charge is 0.238 e. The number of benzene rings is 1. The lowest BCUT2D eigenvalue weighted by molar-refractivity contribution is 0.0529. The Labute approximate surface area is 170 Å². The predicted octanol–water partition coefficient (Wildman–Crippen LogP) is 0.970. The monoisotopic (exact) mass is 440 g/mol. The number of aromatic nitrogens is 1. The van der Waals surface area contributed by atoms with Crippen molar-refractivity contribution in [3.05, 3.63) is 42.1 Å². The number of anilines is 2. The standard InChI is InChI=1S/C18H24N4O5S2/c1-13-12-22(7-8-27-13)18-6-3-14(11-21-18)10-20-16-5-4-15(29(19,25)26)9-17(16)28(2,23)24/h3-6,9,11,13,20H,7-8,10,12H2,1-2H3,(H2,19,25,26). The van der Waals surface area contributed by atoms with Crippen molar-refractivity contribution in [1.29, 1.82) is 0 Å². The van der Waals surface area contributed by atoms with Crippen LogP contribution in [0.15, 0.2) is 46.3 Å². The van der Waals surface area contributed by atoms with Crippen molar-refractivity contribution in [3.63, 3.8) is 0 Å². The summed E-state index contributed by atoms with van der Waals surface area (Å²) in [6.45, 7) is 4.56. The number of ether oxygens (including phenoxy) is 1. The highest BCUT2D eigenvalue weighted by Gasteiger charge is 2.19. The summed E-state index contributed by atoms with van der Waals surface area (Å²) in [6.07, 6.45) is 2.89. The van der Waals surface area contributed by atoms with Crippen LogP contribution in [0.3, 0.4) is 0 Å². The molecule has 1 aliphatic heterocycles. The molecule has 1 aliphatic rings. The van der Waals surface area contributed by atoms with Crippen molar-refractivity contribution in [2.24, 2.45) is 5.14 Å². The molecule has 3 rings (SSSR count). The van der Waals surface area contributed by atoms with Crippen LogP contribution in [0.4, 0.5) is 11.5 Å². The number of sulfonamides is 1. The second-order valence-corrected chi connectivity index (χ2v) is 10.5. The summed E-state index contributed by atoms with van der Waals surface area (Å²) >= 11 is 0. The maximum Gasteiger partial charge on any atom is 0.238 e. The molecule has 29 heavy (non-hydrogen) atoms. The van der Waals surface area contributed by atoms with E-state index < -0.39 is 19.9 Å². The maximum absolute atomic E-state index is 12.1. The van der Waals surface area contributed by atoms with Gasteiger partial charge in [0, 0.05) is 32.1 Å². The van der Waals surface area contributed by atoms with Gasteiger partial charge in [0.1, 0.15) is 5.82 Å². The summed E-state index contributed by atoms with van der Waals surface area (Å²) in [6, 6.07) is 7.55. The third-order valence-electron chi connectivity index (χ3n) is 4.54. The summed E-state index contributed by atoms with van der Waals surface area (Å²) in [5.74, 6) is 0.859. The third kappa shape index (κ3) is 5.44. The van der Waals surface area contributed by atoms with Crippen molar-refractivity contribution in [1.82, 2.24) is 4.98 Å². The van der Waals surface area contributed by atoms with Gasteiger partial charge in [-0.1, -0.05) is 6.07 Å². The van der Waals surface area contributed by atoms with Crippen molar-refractivity contribution in [2.75, 3.05) is 36.2 Å². The number of nitrogens with two attached hydrogens (primary N) is 1. The van der Waals surface area contributed by atoms with Crippen LogP contribution in [0.1, 0.15) is 12.5 Å². The lowest BCUT2D eigenvalue weighted by atomic mass is 10.2. The Morgan fingerprint density at radius 2 is 2.00 bits per heavy atom. The molecule has 0 spiro atoms. The van der Waals surface area contributed by atoms with Gasteiger partial charge in [0.2, 0.25) is 10.0 Å². The quantitative estimate of drug-likeness (QED) is 0.679. The molecule has 1 aromatic heterocycles. The van der Waals surface area contributed by atoms with Gasteiger partial charge in [0.15, 0.2) is 9.84 Å². The lowest BCUT2D eigenvalue weighted by Crippen LogP contribution is -2.41. The highest BCUT2D eigenvalue weighted by molar-refractivity contribution is 7.91. The molecule has 1 unspecified atom stereocenters. The molecular weight excluding hydrogens is 416 g/mol. The zero-order chi connectivity index (χ0) is 21.2. The van der Waals surface area contributed by atoms with E-state index in [-0.39, 0.29) is 15.9 Å². The normalized spacial score (nSPS) is 17.9. The first-order valence-corrected chi connectivity index (χ1v) is 12.4. The van der Waals surface area contributed by atoms with E-state index >= 15 is 0 Å². The molecule has 3 N–H and O–H groups in total. The number of nitrogens with zero attached hydrogens (tertiary/aromatic N) is 2. The summed E-state index contributed by atoms with van der Waals surface area (Å²) in [5.41, 5.74) is 1.15. The Balaban J connectivity index is 1.76. The molecule has 0 amide bonds. The number of sulfone groups is 1. The summed E-state index contributed by atoms with van der Waals surface area (Å²) in [7, 11) is -7.67. The first-order valence-electron chi connectivity index (χ1n) is 8.96. The fourth-order valence-corrected chi connectivity index (χ4v) is 4.56. The van der Waals surface area contributed by atoms with Gasteiger partial charge in [-0.05, 0) is 36.8 Å². The Bertz CT molecular complexity index is 1090. The molecule has 0 radical (unpaired) electrons. The van der Waals surface area contributed by atoms with Crippen LogP contribution in [0.25, 0.3) is 0 Å². The van der Waals surface area contributed by atoms with E-state index in [0.29, 0.717) is 18.8 Å². The minimum Gasteiger partial charge on any atom is -0.380 e. The molecule has 2 aromatic rings. The molecule has 0 aliphatic carbocycles. The minimum atomic E-state index is -4.00. The van der Waals surface area contributed by atoms with Crippen LogP contribution in [-0.2, 0) is 31.1 Å². The molecule has 9 nitrogen and oxygen atoms in total. The summed E-state index contributed by atoms with van der Waals surface area (Å²) < 4.78 is 52.8. The van der Waals surface area contributed by atoms with E-state index in [1.54, 1.807) is 6.20 Å². The molecule has 1 atom stereocenters. The predicted molar refractivity (Wildman–Crippen MR) is 110 cm³/mol. The zero-order valence-electron chi connectivity index (χ0n) is 16.2. The minimum absolute atomic E-state index is 0.129. The molecule has 11 heteroatoms. The van der Waals surface area contributed by atoms with Crippen LogP contribution in [0, 0.1) is 0 Å². The van der Waals surface area contributed by atoms with E-state index in [4.69, 9.17) is 9.88 Å². The highest BCUT2D eigenvalue weighted by atomic mass is 32.2. The van der Waals surface area contributed by atoms with Gasteiger partial charge in [0.05, 0.1) is 28.2 Å². The fourth-order valence-electron chi connectivity index (χ4n) is 3.06. The van der Waals surface area contributed by atoms with Crippen LogP contribution in [-0.4, -0.2) is 53.9 Å². The molecular formula is C18H24N4O5S2. The number of rotatable bonds is 6. The van der Waals surface area contributed by atoms with Gasteiger partial charge in [-0.25, -0.2) is 27.0 Å². The van der Waals surface area contributed by atoms with Crippen molar-refractivity contribution in [2.45, 2.75) is 29.4 Å². The largest absolute Gasteiger partial charge is 0.380 e. The van der Waals surface area contributed by atoms with E-state index in [2.05, 4.69) is 15.2 Å². The SMILES string of the molecule is CC1CN(c2ccc(CNc3ccc(S(N)(=O)=O)cc3S(C)(=O)=O)cn2)CCO1. The topological polar surface area (TPSA) is 132 Å². The second-order valence-electron chi connectivity index (χ2n) is 6.98. The van der Waals surface area contributed by atoms with E-state index in [9.17, 15) is 16.8 Å². The Morgan fingerprint density at radius 3 is 2.59 bits per heavy atom. The second kappa shape index (κ2) is 8.27. The molecule has 2 heterocycles.